The van der Waals surface area contributed by atoms with Crippen molar-refractivity contribution < 1.29 is 19.4 Å². The van der Waals surface area contributed by atoms with Gasteiger partial charge in [-0.05, 0) is 60.5 Å². The number of hydrogen-bond donors (Lipinski definition) is 5. The van der Waals surface area contributed by atoms with Crippen molar-refractivity contribution in [3.63, 3.8) is 0 Å². The molecule has 2 aromatic heterocycles. The third kappa shape index (κ3) is 8.23. The highest BCUT2D eigenvalue weighted by Gasteiger charge is 2.22. The maximum Gasteiger partial charge on any atom is 0.350 e. The first-order valence-corrected chi connectivity index (χ1v) is 11.8. The van der Waals surface area contributed by atoms with Crippen LogP contribution in [0.5, 0.6) is 5.75 Å². The molecule has 0 radical (unpaired) electrons. The molecule has 204 valence electrons. The Labute approximate surface area is 224 Å². The topological polar surface area (TPSA) is 194 Å². The van der Waals surface area contributed by atoms with Crippen molar-refractivity contribution in [2.75, 3.05) is 25.6 Å². The van der Waals surface area contributed by atoms with Crippen LogP contribution in [0.3, 0.4) is 0 Å². The molecule has 0 saturated carbocycles. The van der Waals surface area contributed by atoms with E-state index in [1.165, 1.54) is 0 Å². The molecule has 6 N–H and O–H groups in total. The average molecular weight is 535 g/mol. The maximum atomic E-state index is 12.7. The summed E-state index contributed by atoms with van der Waals surface area (Å²) in [6, 6.07) is 14.0. The quantitative estimate of drug-likeness (QED) is 0.114. The number of aliphatic carboxylic acids is 1. The van der Waals surface area contributed by atoms with E-state index < -0.39 is 17.7 Å². The molecule has 39 heavy (non-hydrogen) atoms. The summed E-state index contributed by atoms with van der Waals surface area (Å²) in [5.41, 5.74) is 8.27. The van der Waals surface area contributed by atoms with Crippen molar-refractivity contribution >= 4 is 17.5 Å². The van der Waals surface area contributed by atoms with Crippen molar-refractivity contribution in [3.05, 3.63) is 93.9 Å². The van der Waals surface area contributed by atoms with Crippen LogP contribution >= 0.6 is 0 Å². The lowest BCUT2D eigenvalue weighted by molar-refractivity contribution is -0.134. The number of nitrogens with one attached hydrogen (secondary N) is 3. The maximum absolute atomic E-state index is 12.7. The molecule has 0 aliphatic heterocycles. The predicted octanol–water partition coefficient (Wildman–Crippen LogP) is 2.26. The van der Waals surface area contributed by atoms with Gasteiger partial charge in [0.15, 0.2) is 5.82 Å². The number of nitrogens with zero attached hydrogens (tertiary/aromatic N) is 4. The van der Waals surface area contributed by atoms with E-state index >= 15 is 0 Å². The summed E-state index contributed by atoms with van der Waals surface area (Å²) in [6.07, 6.45) is 3.08. The number of anilines is 1. The molecule has 13 nitrogen and oxygen atoms in total. The number of benzene rings is 2. The van der Waals surface area contributed by atoms with Crippen molar-refractivity contribution in [2.24, 2.45) is 5.73 Å². The summed E-state index contributed by atoms with van der Waals surface area (Å²) >= 11 is 0. The molecule has 1 unspecified atom stereocenters. The number of carboxylic acids is 1. The number of ether oxygens (including phenoxy) is 2. The number of nitrogen functional groups attached to an aromatic ring is 1. The zero-order valence-electron chi connectivity index (χ0n) is 21.7. The zero-order chi connectivity index (χ0) is 28.4. The second kappa shape index (κ2) is 13.5. The Kier molecular flexibility index (Phi) is 9.87. The first-order chi connectivity index (χ1) is 18.7. The molecule has 0 spiro atoms. The Morgan fingerprint density at radius 1 is 1.18 bits per heavy atom. The van der Waals surface area contributed by atoms with Crippen molar-refractivity contribution in [1.82, 2.24) is 24.7 Å². The number of aromatic amines is 1. The van der Waals surface area contributed by atoms with Gasteiger partial charge in [0.25, 0.3) is 11.9 Å². The van der Waals surface area contributed by atoms with Crippen LogP contribution in [0, 0.1) is 12.3 Å². The number of aromatic nitrogens is 5. The lowest BCUT2D eigenvalue weighted by atomic mass is 10.0. The third-order valence-electron chi connectivity index (χ3n) is 5.12. The Morgan fingerprint density at radius 3 is 2.46 bits per heavy atom. The lowest BCUT2D eigenvalue weighted by Gasteiger charge is -2.20. The van der Waals surface area contributed by atoms with Crippen molar-refractivity contribution in [1.29, 1.82) is 5.41 Å². The molecule has 13 heteroatoms. The summed E-state index contributed by atoms with van der Waals surface area (Å²) in [5.74, 6) is 0.350. The average Bonchev–Trinajstić information content (AvgIpc) is 3.28. The van der Waals surface area contributed by atoms with Gasteiger partial charge in [0.05, 0.1) is 6.61 Å². The van der Waals surface area contributed by atoms with Crippen LogP contribution in [0.15, 0.2) is 65.7 Å². The molecular formula is C26H30N8O5. The van der Waals surface area contributed by atoms with E-state index in [1.807, 2.05) is 37.3 Å². The number of nitrogens with two attached hydrogens (primary N) is 1. The largest absolute Gasteiger partial charge is 0.491 e. The highest BCUT2D eigenvalue weighted by atomic mass is 16.5. The standard InChI is InChI=1S/C24H26N8O3.C2H4O2/c1-15-12-17(14-19(13-15)35-11-10-34-2)20(29-18-6-4-16(5-7-18)21(25)26)22-30-24(33)32(31-22)23-27-8-3-9-28-23;1-2(3)4/h3-9,12-14,20,29H,10-11H2,1-2H3,(H3,25,26)(H,30,31,33);1H3,(H,3,4). The monoisotopic (exact) mass is 534 g/mol. The molecule has 0 fully saturated rings. The van der Waals surface area contributed by atoms with Gasteiger partial charge < -0.3 is 25.6 Å². The number of hydrogen-bond acceptors (Lipinski definition) is 9. The smallest absolute Gasteiger partial charge is 0.350 e. The van der Waals surface area contributed by atoms with Crippen LogP contribution in [0.1, 0.15) is 35.5 Å². The predicted molar refractivity (Wildman–Crippen MR) is 145 cm³/mol. The Hall–Kier alpha value is -5.04. The number of carboxylic acid groups (broad SMARTS) is 1. The number of carbonyl (C=O) groups is 1. The van der Waals surface area contributed by atoms with Gasteiger partial charge in [-0.1, -0.05) is 6.07 Å². The summed E-state index contributed by atoms with van der Waals surface area (Å²) in [4.78, 5) is 32.8. The normalized spacial score (nSPS) is 11.2. The van der Waals surface area contributed by atoms with E-state index in [1.54, 1.807) is 37.7 Å². The van der Waals surface area contributed by atoms with Gasteiger partial charge in [-0.25, -0.2) is 14.8 Å². The lowest BCUT2D eigenvalue weighted by Crippen LogP contribution is -2.18. The first-order valence-electron chi connectivity index (χ1n) is 11.8. The molecule has 2 heterocycles. The second-order valence-electron chi connectivity index (χ2n) is 8.28. The summed E-state index contributed by atoms with van der Waals surface area (Å²) < 4.78 is 12.0. The van der Waals surface area contributed by atoms with Crippen molar-refractivity contribution in [2.45, 2.75) is 19.9 Å². The molecule has 4 rings (SSSR count). The molecule has 4 aromatic rings. The van der Waals surface area contributed by atoms with E-state index in [0.717, 1.165) is 28.4 Å². The SMILES string of the molecule is CC(=O)O.COCCOc1cc(C)cc(C(Nc2ccc(C(=N)N)cc2)c2nn(-c3ncccn3)c(=O)[nH]2)c1. The van der Waals surface area contributed by atoms with Gasteiger partial charge in [-0.3, -0.25) is 15.2 Å². The minimum absolute atomic E-state index is 0.0180. The van der Waals surface area contributed by atoms with Gasteiger partial charge in [0.2, 0.25) is 0 Å². The molecule has 2 aromatic carbocycles. The first kappa shape index (κ1) is 28.5. The number of amidine groups is 1. The number of H-pyrrole nitrogens is 1. The highest BCUT2D eigenvalue weighted by molar-refractivity contribution is 5.95. The fourth-order valence-corrected chi connectivity index (χ4v) is 3.50. The van der Waals surface area contributed by atoms with Crippen LogP contribution in [0.25, 0.3) is 5.95 Å². The van der Waals surface area contributed by atoms with E-state index in [4.69, 9.17) is 30.5 Å². The van der Waals surface area contributed by atoms with E-state index in [-0.39, 0.29) is 11.8 Å². The Balaban J connectivity index is 0.000000983. The summed E-state index contributed by atoms with van der Waals surface area (Å²) in [5, 5.41) is 22.9. The molecule has 0 aliphatic rings. The van der Waals surface area contributed by atoms with Gasteiger partial charge in [-0.15, -0.1) is 9.78 Å². The van der Waals surface area contributed by atoms with Crippen LogP contribution in [0.4, 0.5) is 5.69 Å². The van der Waals surface area contributed by atoms with Crippen LogP contribution < -0.4 is 21.5 Å². The summed E-state index contributed by atoms with van der Waals surface area (Å²) in [6.45, 7) is 3.91. The van der Waals surface area contributed by atoms with Crippen LogP contribution in [-0.2, 0) is 9.53 Å². The van der Waals surface area contributed by atoms with E-state index in [0.29, 0.717) is 30.4 Å². The van der Waals surface area contributed by atoms with Gasteiger partial charge in [-0.2, -0.15) is 0 Å². The van der Waals surface area contributed by atoms with Gasteiger partial charge in [0, 0.05) is 37.7 Å². The third-order valence-corrected chi connectivity index (χ3v) is 5.12. The molecular weight excluding hydrogens is 504 g/mol. The van der Waals surface area contributed by atoms with Crippen LogP contribution in [0.2, 0.25) is 0 Å². The fourth-order valence-electron chi connectivity index (χ4n) is 3.50. The van der Waals surface area contributed by atoms with Gasteiger partial charge >= 0.3 is 5.69 Å². The number of aryl methyl sites for hydroxylation is 1. The minimum Gasteiger partial charge on any atom is -0.491 e. The van der Waals surface area contributed by atoms with Crippen molar-refractivity contribution in [3.8, 4) is 11.7 Å². The molecule has 0 bridgehead atoms. The van der Waals surface area contributed by atoms with Crippen LogP contribution in [-0.4, -0.2) is 62.0 Å². The Bertz CT molecular complexity index is 1450. The molecule has 0 amide bonds. The van der Waals surface area contributed by atoms with E-state index in [2.05, 4.69) is 25.4 Å². The minimum atomic E-state index is -0.833. The summed E-state index contributed by atoms with van der Waals surface area (Å²) in [7, 11) is 1.62. The van der Waals surface area contributed by atoms with E-state index in [9.17, 15) is 4.79 Å². The Morgan fingerprint density at radius 2 is 1.85 bits per heavy atom. The number of rotatable bonds is 10. The molecule has 1 atom stereocenters. The highest BCUT2D eigenvalue weighted by Crippen LogP contribution is 2.28. The number of methoxy groups -OCH3 is 1. The molecule has 0 saturated heterocycles. The molecule has 0 aliphatic carbocycles. The fraction of sp³-hybridized carbons (Fsp3) is 0.231. The zero-order valence-corrected chi connectivity index (χ0v) is 21.7. The second-order valence-corrected chi connectivity index (χ2v) is 8.28. The van der Waals surface area contributed by atoms with Gasteiger partial charge in [0.1, 0.15) is 24.2 Å².